The van der Waals surface area contributed by atoms with Gasteiger partial charge < -0.3 is 9.88 Å². The molecular weight excluding hydrogens is 228 g/mol. The van der Waals surface area contributed by atoms with Crippen LogP contribution in [-0.2, 0) is 13.1 Å². The molecule has 2 rings (SSSR count). The van der Waals surface area contributed by atoms with E-state index in [1.54, 1.807) is 0 Å². The molecule has 0 aromatic carbocycles. The van der Waals surface area contributed by atoms with Gasteiger partial charge in [0.2, 0.25) is 0 Å². The molecular formula is C14H20N2S. The van der Waals surface area contributed by atoms with Crippen LogP contribution < -0.4 is 5.32 Å². The molecule has 0 aliphatic heterocycles. The molecule has 0 bridgehead atoms. The molecule has 0 amide bonds. The van der Waals surface area contributed by atoms with Gasteiger partial charge in [-0.15, -0.1) is 11.3 Å². The Morgan fingerprint density at radius 1 is 1.41 bits per heavy atom. The zero-order valence-corrected chi connectivity index (χ0v) is 11.3. The molecule has 0 fully saturated rings. The molecule has 0 saturated carbocycles. The Bertz CT molecular complexity index is 431. The molecule has 0 aliphatic rings. The molecule has 2 aromatic rings. The number of hydrogen-bond donors (Lipinski definition) is 1. The summed E-state index contributed by atoms with van der Waals surface area (Å²) in [5, 5.41) is 5.68. The van der Waals surface area contributed by atoms with E-state index in [0.29, 0.717) is 6.04 Å². The summed E-state index contributed by atoms with van der Waals surface area (Å²) in [7, 11) is 0. The van der Waals surface area contributed by atoms with Crippen molar-refractivity contribution in [2.45, 2.75) is 39.4 Å². The van der Waals surface area contributed by atoms with Gasteiger partial charge in [-0.1, -0.05) is 13.0 Å². The van der Waals surface area contributed by atoms with E-state index in [-0.39, 0.29) is 0 Å². The van der Waals surface area contributed by atoms with Crippen molar-refractivity contribution in [2.75, 3.05) is 0 Å². The van der Waals surface area contributed by atoms with E-state index in [9.17, 15) is 0 Å². The molecule has 1 N–H and O–H groups in total. The van der Waals surface area contributed by atoms with E-state index < -0.39 is 0 Å². The molecule has 0 unspecified atom stereocenters. The van der Waals surface area contributed by atoms with Crippen molar-refractivity contribution in [1.82, 2.24) is 9.88 Å². The van der Waals surface area contributed by atoms with Crippen LogP contribution in [0.5, 0.6) is 0 Å². The lowest BCUT2D eigenvalue weighted by Crippen LogP contribution is -2.16. The maximum absolute atomic E-state index is 3.55. The first-order valence-corrected chi connectivity index (χ1v) is 7.09. The van der Waals surface area contributed by atoms with Crippen LogP contribution in [0.2, 0.25) is 0 Å². The Balaban J connectivity index is 1.84. The predicted octanol–water partition coefficient (Wildman–Crippen LogP) is 3.81. The van der Waals surface area contributed by atoms with Gasteiger partial charge >= 0.3 is 0 Å². The molecule has 0 aliphatic carbocycles. The van der Waals surface area contributed by atoms with Gasteiger partial charge in [-0.05, 0) is 36.4 Å². The first-order chi connectivity index (χ1) is 8.29. The fourth-order valence-corrected chi connectivity index (χ4v) is 2.66. The average molecular weight is 248 g/mol. The highest BCUT2D eigenvalue weighted by atomic mass is 32.1. The lowest BCUT2D eigenvalue weighted by atomic mass is 10.2. The van der Waals surface area contributed by atoms with Crippen LogP contribution in [-0.4, -0.2) is 4.57 Å². The van der Waals surface area contributed by atoms with E-state index in [1.807, 2.05) is 11.3 Å². The van der Waals surface area contributed by atoms with E-state index in [1.165, 1.54) is 16.9 Å². The summed E-state index contributed by atoms with van der Waals surface area (Å²) in [6.07, 6.45) is 5.58. The molecule has 2 nitrogen and oxygen atoms in total. The number of hydrogen-bond acceptors (Lipinski definition) is 2. The third-order valence-electron chi connectivity index (χ3n) is 2.88. The molecule has 17 heavy (non-hydrogen) atoms. The van der Waals surface area contributed by atoms with Crippen LogP contribution in [0, 0.1) is 0 Å². The quantitative estimate of drug-likeness (QED) is 0.822. The van der Waals surface area contributed by atoms with Gasteiger partial charge in [0, 0.05) is 36.4 Å². The number of rotatable bonds is 6. The maximum atomic E-state index is 3.55. The van der Waals surface area contributed by atoms with Crippen LogP contribution in [0.4, 0.5) is 0 Å². The minimum Gasteiger partial charge on any atom is -0.354 e. The Morgan fingerprint density at radius 2 is 2.29 bits per heavy atom. The predicted molar refractivity (Wildman–Crippen MR) is 74.3 cm³/mol. The average Bonchev–Trinajstić information content (AvgIpc) is 2.97. The number of thiophene rings is 1. The molecule has 3 heteroatoms. The highest BCUT2D eigenvalue weighted by Crippen LogP contribution is 2.18. The number of aromatic nitrogens is 1. The zero-order chi connectivity index (χ0) is 12.1. The van der Waals surface area contributed by atoms with Gasteiger partial charge in [-0.2, -0.15) is 0 Å². The molecule has 0 saturated heterocycles. The van der Waals surface area contributed by atoms with Crippen molar-refractivity contribution in [3.05, 3.63) is 46.4 Å². The molecule has 1 atom stereocenters. The molecule has 2 aromatic heterocycles. The first-order valence-electron chi connectivity index (χ1n) is 6.21. The van der Waals surface area contributed by atoms with Gasteiger partial charge in [0.05, 0.1) is 0 Å². The maximum Gasteiger partial charge on any atom is 0.0388 e. The minimum atomic E-state index is 0.435. The van der Waals surface area contributed by atoms with E-state index in [0.717, 1.165) is 13.1 Å². The summed E-state index contributed by atoms with van der Waals surface area (Å²) in [5.74, 6) is 0. The van der Waals surface area contributed by atoms with Crippen LogP contribution in [0.1, 0.15) is 36.8 Å². The Kier molecular flexibility index (Phi) is 4.40. The summed E-state index contributed by atoms with van der Waals surface area (Å²) in [4.78, 5) is 1.40. The van der Waals surface area contributed by atoms with Crippen LogP contribution in [0.3, 0.4) is 0 Å². The second kappa shape index (κ2) is 6.03. The number of nitrogens with one attached hydrogen (secondary N) is 1. The van der Waals surface area contributed by atoms with Gasteiger partial charge in [-0.3, -0.25) is 0 Å². The zero-order valence-electron chi connectivity index (χ0n) is 10.5. The third kappa shape index (κ3) is 3.45. The molecule has 2 heterocycles. The van der Waals surface area contributed by atoms with Crippen molar-refractivity contribution < 1.29 is 0 Å². The SMILES string of the molecule is CCCn1ccc(CN[C@@H](C)c2cccs2)c1. The monoisotopic (exact) mass is 248 g/mol. The molecule has 0 spiro atoms. The van der Waals surface area contributed by atoms with E-state index in [2.05, 4.69) is 59.7 Å². The molecule has 92 valence electrons. The van der Waals surface area contributed by atoms with Crippen LogP contribution in [0.15, 0.2) is 36.0 Å². The highest BCUT2D eigenvalue weighted by Gasteiger charge is 2.05. The van der Waals surface area contributed by atoms with Gasteiger partial charge in [0.15, 0.2) is 0 Å². The largest absolute Gasteiger partial charge is 0.354 e. The van der Waals surface area contributed by atoms with Crippen molar-refractivity contribution in [2.24, 2.45) is 0 Å². The Morgan fingerprint density at radius 3 is 3.00 bits per heavy atom. The summed E-state index contributed by atoms with van der Waals surface area (Å²) >= 11 is 1.81. The van der Waals surface area contributed by atoms with E-state index in [4.69, 9.17) is 0 Å². The summed E-state index contributed by atoms with van der Waals surface area (Å²) in [5.41, 5.74) is 1.36. The van der Waals surface area contributed by atoms with Crippen LogP contribution in [0.25, 0.3) is 0 Å². The van der Waals surface area contributed by atoms with Gasteiger partial charge in [-0.25, -0.2) is 0 Å². The van der Waals surface area contributed by atoms with Crippen molar-refractivity contribution >= 4 is 11.3 Å². The summed E-state index contributed by atoms with van der Waals surface area (Å²) < 4.78 is 2.26. The Labute approximate surface area is 107 Å². The summed E-state index contributed by atoms with van der Waals surface area (Å²) in [6.45, 7) is 6.47. The first kappa shape index (κ1) is 12.4. The van der Waals surface area contributed by atoms with Gasteiger partial charge in [0.25, 0.3) is 0 Å². The van der Waals surface area contributed by atoms with Crippen LogP contribution >= 0.6 is 11.3 Å². The minimum absolute atomic E-state index is 0.435. The number of aryl methyl sites for hydroxylation is 1. The van der Waals surface area contributed by atoms with Crippen molar-refractivity contribution in [3.63, 3.8) is 0 Å². The van der Waals surface area contributed by atoms with Gasteiger partial charge in [0.1, 0.15) is 0 Å². The second-order valence-electron chi connectivity index (χ2n) is 4.38. The Hall–Kier alpha value is -1.06. The lowest BCUT2D eigenvalue weighted by Gasteiger charge is -2.10. The topological polar surface area (TPSA) is 17.0 Å². The lowest BCUT2D eigenvalue weighted by molar-refractivity contribution is 0.581. The molecule has 0 radical (unpaired) electrons. The van der Waals surface area contributed by atoms with Crippen molar-refractivity contribution in [1.29, 1.82) is 0 Å². The van der Waals surface area contributed by atoms with Crippen molar-refractivity contribution in [3.8, 4) is 0 Å². The second-order valence-corrected chi connectivity index (χ2v) is 5.35. The fraction of sp³-hybridized carbons (Fsp3) is 0.429. The normalized spacial score (nSPS) is 12.8. The smallest absolute Gasteiger partial charge is 0.0388 e. The summed E-state index contributed by atoms with van der Waals surface area (Å²) in [6, 6.07) is 6.93. The third-order valence-corrected chi connectivity index (χ3v) is 3.93. The number of nitrogens with zero attached hydrogens (tertiary/aromatic N) is 1. The standard InChI is InChI=1S/C14H20N2S/c1-3-7-16-8-6-13(11-16)10-15-12(2)14-5-4-9-17-14/h4-6,8-9,11-12,15H,3,7,10H2,1-2H3/t12-/m0/s1. The van der Waals surface area contributed by atoms with E-state index >= 15 is 0 Å². The fourth-order valence-electron chi connectivity index (χ4n) is 1.90. The highest BCUT2D eigenvalue weighted by molar-refractivity contribution is 7.10.